The van der Waals surface area contributed by atoms with E-state index in [0.29, 0.717) is 12.0 Å². The van der Waals surface area contributed by atoms with E-state index in [9.17, 15) is 9.18 Å². The van der Waals surface area contributed by atoms with E-state index in [1.807, 2.05) is 5.43 Å². The van der Waals surface area contributed by atoms with Crippen molar-refractivity contribution in [3.63, 3.8) is 0 Å². The van der Waals surface area contributed by atoms with E-state index in [-0.39, 0.29) is 5.82 Å². The molecule has 0 aliphatic carbocycles. The standard InChI is InChI=1S/C8H7FN2O/c9-8-4-2-1-3-7(8)5-10-11-6-12/h1-6H,(H,11,12)/b10-5+. The van der Waals surface area contributed by atoms with Gasteiger partial charge in [0.15, 0.2) is 0 Å². The highest BCUT2D eigenvalue weighted by atomic mass is 19.1. The van der Waals surface area contributed by atoms with Crippen LogP contribution in [0.3, 0.4) is 0 Å². The van der Waals surface area contributed by atoms with Crippen LogP contribution in [0.2, 0.25) is 0 Å². The van der Waals surface area contributed by atoms with E-state index in [2.05, 4.69) is 5.10 Å². The Morgan fingerprint density at radius 1 is 1.42 bits per heavy atom. The predicted molar refractivity (Wildman–Crippen MR) is 43.2 cm³/mol. The normalized spacial score (nSPS) is 10.1. The van der Waals surface area contributed by atoms with Crippen molar-refractivity contribution < 1.29 is 9.18 Å². The number of carbonyl (C=O) groups is 1. The first-order valence-corrected chi connectivity index (χ1v) is 3.31. The van der Waals surface area contributed by atoms with Gasteiger partial charge in [-0.05, 0) is 6.07 Å². The van der Waals surface area contributed by atoms with E-state index in [4.69, 9.17) is 0 Å². The van der Waals surface area contributed by atoms with Crippen LogP contribution in [0, 0.1) is 5.82 Å². The molecular formula is C8H7FN2O. The molecule has 0 atom stereocenters. The lowest BCUT2D eigenvalue weighted by Crippen LogP contribution is -2.01. The molecule has 0 saturated carbocycles. The quantitative estimate of drug-likeness (QED) is 0.404. The van der Waals surface area contributed by atoms with Crippen molar-refractivity contribution in [3.8, 4) is 0 Å². The number of carbonyl (C=O) groups excluding carboxylic acids is 1. The number of nitrogens with zero attached hydrogens (tertiary/aromatic N) is 1. The molecule has 0 aliphatic rings. The van der Waals surface area contributed by atoms with Crippen molar-refractivity contribution in [2.45, 2.75) is 0 Å². The molecule has 0 unspecified atom stereocenters. The summed E-state index contributed by atoms with van der Waals surface area (Å²) in [7, 11) is 0. The maximum Gasteiger partial charge on any atom is 0.227 e. The van der Waals surface area contributed by atoms with E-state index >= 15 is 0 Å². The first-order chi connectivity index (χ1) is 5.84. The molecule has 62 valence electrons. The SMILES string of the molecule is O=CN/N=C/c1ccccc1F. The molecule has 0 fully saturated rings. The van der Waals surface area contributed by atoms with Gasteiger partial charge in [0, 0.05) is 5.56 Å². The van der Waals surface area contributed by atoms with Crippen molar-refractivity contribution in [1.82, 2.24) is 5.43 Å². The van der Waals surface area contributed by atoms with Gasteiger partial charge in [-0.2, -0.15) is 5.10 Å². The number of amides is 1. The molecule has 1 amide bonds. The molecule has 0 bridgehead atoms. The van der Waals surface area contributed by atoms with Gasteiger partial charge in [0.2, 0.25) is 6.41 Å². The van der Waals surface area contributed by atoms with Gasteiger partial charge in [0.1, 0.15) is 5.82 Å². The van der Waals surface area contributed by atoms with Crippen LogP contribution in [0.25, 0.3) is 0 Å². The minimum atomic E-state index is -0.367. The summed E-state index contributed by atoms with van der Waals surface area (Å²) >= 11 is 0. The van der Waals surface area contributed by atoms with Gasteiger partial charge in [0.05, 0.1) is 6.21 Å². The minimum Gasteiger partial charge on any atom is -0.277 e. The smallest absolute Gasteiger partial charge is 0.227 e. The summed E-state index contributed by atoms with van der Waals surface area (Å²) in [6.45, 7) is 0. The Hall–Kier alpha value is -1.71. The number of halogens is 1. The zero-order chi connectivity index (χ0) is 8.81. The fourth-order valence-corrected chi connectivity index (χ4v) is 0.717. The Morgan fingerprint density at radius 3 is 2.83 bits per heavy atom. The summed E-state index contributed by atoms with van der Waals surface area (Å²) in [4.78, 5) is 9.76. The molecule has 1 aromatic carbocycles. The van der Waals surface area contributed by atoms with Crippen molar-refractivity contribution in [2.75, 3.05) is 0 Å². The number of benzene rings is 1. The lowest BCUT2D eigenvalue weighted by molar-refractivity contribution is -0.109. The van der Waals surface area contributed by atoms with Gasteiger partial charge in [-0.25, -0.2) is 9.82 Å². The monoisotopic (exact) mass is 166 g/mol. The maximum atomic E-state index is 12.8. The molecule has 1 rings (SSSR count). The Labute approximate surface area is 68.9 Å². The second-order valence-electron chi connectivity index (χ2n) is 2.03. The molecule has 1 aromatic rings. The van der Waals surface area contributed by atoms with Gasteiger partial charge in [-0.1, -0.05) is 18.2 Å². The molecular weight excluding hydrogens is 159 g/mol. The number of hydrazone groups is 1. The van der Waals surface area contributed by atoms with Gasteiger partial charge in [-0.15, -0.1) is 0 Å². The third-order valence-electron chi connectivity index (χ3n) is 1.24. The first kappa shape index (κ1) is 8.39. The van der Waals surface area contributed by atoms with E-state index in [1.54, 1.807) is 18.2 Å². The molecule has 1 N–H and O–H groups in total. The van der Waals surface area contributed by atoms with Gasteiger partial charge in [0.25, 0.3) is 0 Å². The second-order valence-corrected chi connectivity index (χ2v) is 2.03. The summed E-state index contributed by atoms with van der Waals surface area (Å²) in [6.07, 6.45) is 1.65. The molecule has 0 spiro atoms. The third-order valence-corrected chi connectivity index (χ3v) is 1.24. The summed E-state index contributed by atoms with van der Waals surface area (Å²) in [6, 6.07) is 6.15. The minimum absolute atomic E-state index is 0.340. The topological polar surface area (TPSA) is 41.5 Å². The molecule has 0 heterocycles. The number of hydrogen-bond acceptors (Lipinski definition) is 2. The lowest BCUT2D eigenvalue weighted by Gasteiger charge is -1.92. The van der Waals surface area contributed by atoms with E-state index < -0.39 is 0 Å². The van der Waals surface area contributed by atoms with Crippen molar-refractivity contribution >= 4 is 12.6 Å². The summed E-state index contributed by atoms with van der Waals surface area (Å²) in [5.74, 6) is -0.367. The molecule has 3 nitrogen and oxygen atoms in total. The zero-order valence-electron chi connectivity index (χ0n) is 6.20. The number of rotatable bonds is 3. The molecule has 0 aromatic heterocycles. The van der Waals surface area contributed by atoms with Gasteiger partial charge < -0.3 is 0 Å². The van der Waals surface area contributed by atoms with Crippen LogP contribution in [0.15, 0.2) is 29.4 Å². The highest BCUT2D eigenvalue weighted by Gasteiger charge is 1.94. The van der Waals surface area contributed by atoms with E-state index in [1.165, 1.54) is 12.3 Å². The molecule has 0 radical (unpaired) electrons. The van der Waals surface area contributed by atoms with Crippen LogP contribution in [0.5, 0.6) is 0 Å². The maximum absolute atomic E-state index is 12.8. The average molecular weight is 166 g/mol. The van der Waals surface area contributed by atoms with Crippen LogP contribution in [-0.2, 0) is 4.79 Å². The summed E-state index contributed by atoms with van der Waals surface area (Å²) in [5, 5.41) is 3.44. The Morgan fingerprint density at radius 2 is 2.17 bits per heavy atom. The van der Waals surface area contributed by atoms with Crippen LogP contribution in [-0.4, -0.2) is 12.6 Å². The predicted octanol–water partition coefficient (Wildman–Crippen LogP) is 0.906. The third kappa shape index (κ3) is 2.16. The average Bonchev–Trinajstić information content (AvgIpc) is 2.09. The fraction of sp³-hybridized carbons (Fsp3) is 0. The van der Waals surface area contributed by atoms with Crippen molar-refractivity contribution in [2.24, 2.45) is 5.10 Å². The van der Waals surface area contributed by atoms with Crippen molar-refractivity contribution in [3.05, 3.63) is 35.6 Å². The van der Waals surface area contributed by atoms with Crippen molar-refractivity contribution in [1.29, 1.82) is 0 Å². The van der Waals surface area contributed by atoms with Gasteiger partial charge >= 0.3 is 0 Å². The Bertz CT molecular complexity index is 299. The zero-order valence-corrected chi connectivity index (χ0v) is 6.20. The fourth-order valence-electron chi connectivity index (χ4n) is 0.717. The largest absolute Gasteiger partial charge is 0.277 e. The van der Waals surface area contributed by atoms with Crippen LogP contribution >= 0.6 is 0 Å². The highest BCUT2D eigenvalue weighted by Crippen LogP contribution is 2.02. The molecule has 12 heavy (non-hydrogen) atoms. The Kier molecular flexibility index (Phi) is 2.95. The second kappa shape index (κ2) is 4.23. The lowest BCUT2D eigenvalue weighted by atomic mass is 10.2. The van der Waals surface area contributed by atoms with Crippen LogP contribution in [0.4, 0.5) is 4.39 Å². The Balaban J connectivity index is 2.74. The van der Waals surface area contributed by atoms with Gasteiger partial charge in [-0.3, -0.25) is 4.79 Å². The summed E-state index contributed by atoms with van der Waals surface area (Å²) in [5.41, 5.74) is 2.39. The number of nitrogens with one attached hydrogen (secondary N) is 1. The van der Waals surface area contributed by atoms with Crippen LogP contribution in [0.1, 0.15) is 5.56 Å². The molecule has 0 saturated heterocycles. The number of hydrogen-bond donors (Lipinski definition) is 1. The van der Waals surface area contributed by atoms with Crippen LogP contribution < -0.4 is 5.43 Å². The first-order valence-electron chi connectivity index (χ1n) is 3.31. The molecule has 0 aliphatic heterocycles. The molecule has 4 heteroatoms. The summed E-state index contributed by atoms with van der Waals surface area (Å²) < 4.78 is 12.8. The van der Waals surface area contributed by atoms with E-state index in [0.717, 1.165) is 0 Å². The highest BCUT2D eigenvalue weighted by molar-refractivity contribution is 5.80.